The van der Waals surface area contributed by atoms with E-state index in [1.54, 1.807) is 12.5 Å². The van der Waals surface area contributed by atoms with Crippen LogP contribution in [0.5, 0.6) is 0 Å². The molecule has 1 aliphatic carbocycles. The van der Waals surface area contributed by atoms with E-state index in [9.17, 15) is 4.79 Å². The lowest BCUT2D eigenvalue weighted by atomic mass is 9.80. The maximum Gasteiger partial charge on any atom is 0.314 e. The smallest absolute Gasteiger partial charge is 0.314 e. The van der Waals surface area contributed by atoms with Gasteiger partial charge in [-0.2, -0.15) is 0 Å². The van der Waals surface area contributed by atoms with E-state index < -0.39 is 0 Å². The Morgan fingerprint density at radius 3 is 2.68 bits per heavy atom. The van der Waals surface area contributed by atoms with Gasteiger partial charge >= 0.3 is 6.03 Å². The fourth-order valence-corrected chi connectivity index (χ4v) is 3.18. The van der Waals surface area contributed by atoms with Crippen molar-refractivity contribution in [2.75, 3.05) is 27.2 Å². The first-order valence-electron chi connectivity index (χ1n) is 8.27. The third-order valence-corrected chi connectivity index (χ3v) is 4.75. The summed E-state index contributed by atoms with van der Waals surface area (Å²) in [5.74, 6) is 0. The minimum absolute atomic E-state index is 0.0579. The highest BCUT2D eigenvalue weighted by Crippen LogP contribution is 2.31. The largest absolute Gasteiger partial charge is 0.338 e. The zero-order valence-electron chi connectivity index (χ0n) is 13.8. The molecule has 2 amide bonds. The molecule has 1 aromatic rings. The third-order valence-electron chi connectivity index (χ3n) is 4.75. The molecular weight excluding hydrogens is 278 g/mol. The number of rotatable bonds is 7. The Bertz CT molecular complexity index is 437. The number of amides is 2. The Labute approximate surface area is 133 Å². The first kappa shape index (κ1) is 16.8. The molecule has 0 bridgehead atoms. The number of imidazole rings is 1. The number of aromatic nitrogens is 2. The summed E-state index contributed by atoms with van der Waals surface area (Å²) in [6.07, 6.45) is 12.6. The van der Waals surface area contributed by atoms with Gasteiger partial charge in [0.15, 0.2) is 0 Å². The number of carbonyl (C=O) groups is 1. The lowest BCUT2D eigenvalue weighted by molar-refractivity contribution is 0.101. The van der Waals surface area contributed by atoms with Crippen molar-refractivity contribution in [2.24, 2.45) is 0 Å². The molecule has 1 aliphatic rings. The number of carbonyl (C=O) groups excluding carboxylic acids is 1. The topological polar surface area (TPSA) is 62.2 Å². The molecule has 2 rings (SSSR count). The number of nitrogens with one attached hydrogen (secondary N) is 2. The summed E-state index contributed by atoms with van der Waals surface area (Å²) in [7, 11) is 4.24. The molecule has 1 aromatic heterocycles. The number of urea groups is 1. The molecule has 0 atom stereocenters. The van der Waals surface area contributed by atoms with Crippen molar-refractivity contribution in [3.8, 4) is 0 Å². The predicted octanol–water partition coefficient (Wildman–Crippen LogP) is 1.84. The monoisotopic (exact) mass is 307 g/mol. The maximum atomic E-state index is 12.0. The van der Waals surface area contributed by atoms with Gasteiger partial charge in [-0.1, -0.05) is 19.3 Å². The molecule has 1 saturated carbocycles. The second-order valence-corrected chi connectivity index (χ2v) is 6.44. The zero-order valence-corrected chi connectivity index (χ0v) is 13.8. The van der Waals surface area contributed by atoms with E-state index in [2.05, 4.69) is 34.6 Å². The Kier molecular flexibility index (Phi) is 6.24. The van der Waals surface area contributed by atoms with E-state index >= 15 is 0 Å². The van der Waals surface area contributed by atoms with Crippen molar-refractivity contribution in [3.63, 3.8) is 0 Å². The van der Waals surface area contributed by atoms with Crippen molar-refractivity contribution in [1.29, 1.82) is 0 Å². The molecule has 1 heterocycles. The molecule has 0 radical (unpaired) electrons. The fourth-order valence-electron chi connectivity index (χ4n) is 3.18. The van der Waals surface area contributed by atoms with Crippen LogP contribution in [0.15, 0.2) is 18.7 Å². The summed E-state index contributed by atoms with van der Waals surface area (Å²) in [5.41, 5.74) is 0.131. The van der Waals surface area contributed by atoms with Gasteiger partial charge in [0.1, 0.15) is 0 Å². The van der Waals surface area contributed by atoms with Crippen molar-refractivity contribution in [2.45, 2.75) is 50.6 Å². The van der Waals surface area contributed by atoms with Crippen LogP contribution in [0.25, 0.3) is 0 Å². The number of likely N-dealkylation sites (N-methyl/N-ethyl adjacent to an activating group) is 1. The third kappa shape index (κ3) is 4.73. The van der Waals surface area contributed by atoms with E-state index in [1.807, 2.05) is 10.8 Å². The number of aryl methyl sites for hydroxylation is 1. The Balaban J connectivity index is 1.65. The minimum Gasteiger partial charge on any atom is -0.338 e. The average molecular weight is 307 g/mol. The first-order valence-corrected chi connectivity index (χ1v) is 8.27. The summed E-state index contributed by atoms with van der Waals surface area (Å²) in [6, 6.07) is -0.0579. The van der Waals surface area contributed by atoms with Gasteiger partial charge in [0.05, 0.1) is 6.33 Å². The van der Waals surface area contributed by atoms with Gasteiger partial charge in [0, 0.05) is 37.6 Å². The van der Waals surface area contributed by atoms with E-state index in [1.165, 1.54) is 32.1 Å². The molecule has 6 nitrogen and oxygen atoms in total. The van der Waals surface area contributed by atoms with Crippen LogP contribution in [0.1, 0.15) is 38.5 Å². The van der Waals surface area contributed by atoms with E-state index in [0.717, 1.165) is 19.5 Å². The number of hydrogen-bond donors (Lipinski definition) is 2. The molecule has 0 spiro atoms. The van der Waals surface area contributed by atoms with Crippen LogP contribution in [0.2, 0.25) is 0 Å². The molecule has 22 heavy (non-hydrogen) atoms. The molecule has 2 N–H and O–H groups in total. The molecule has 124 valence electrons. The number of hydrogen-bond acceptors (Lipinski definition) is 3. The van der Waals surface area contributed by atoms with Gasteiger partial charge in [0.2, 0.25) is 0 Å². The maximum absolute atomic E-state index is 12.0. The highest BCUT2D eigenvalue weighted by atomic mass is 16.2. The molecular formula is C16H29N5O. The molecule has 0 aliphatic heterocycles. The van der Waals surface area contributed by atoms with Gasteiger partial charge in [-0.15, -0.1) is 0 Å². The van der Waals surface area contributed by atoms with Crippen molar-refractivity contribution in [3.05, 3.63) is 18.7 Å². The predicted molar refractivity (Wildman–Crippen MR) is 87.7 cm³/mol. The van der Waals surface area contributed by atoms with Gasteiger partial charge < -0.3 is 20.1 Å². The van der Waals surface area contributed by atoms with Crippen molar-refractivity contribution < 1.29 is 4.79 Å². The summed E-state index contributed by atoms with van der Waals surface area (Å²) in [4.78, 5) is 18.2. The SMILES string of the molecule is CN(C)C1(CNC(=O)NCCCn2ccnc2)CCCCC1. The molecule has 0 aromatic carbocycles. The Morgan fingerprint density at radius 1 is 1.27 bits per heavy atom. The van der Waals surface area contributed by atoms with Gasteiger partial charge in [-0.05, 0) is 33.4 Å². The van der Waals surface area contributed by atoms with Crippen LogP contribution in [0, 0.1) is 0 Å². The lowest BCUT2D eigenvalue weighted by Crippen LogP contribution is -2.55. The van der Waals surface area contributed by atoms with Gasteiger partial charge in [0.25, 0.3) is 0 Å². The average Bonchev–Trinajstić information content (AvgIpc) is 3.04. The second-order valence-electron chi connectivity index (χ2n) is 6.44. The standard InChI is InChI=1S/C16H29N5O/c1-20(2)16(7-4-3-5-8-16)13-19-15(22)18-9-6-11-21-12-10-17-14-21/h10,12,14H,3-9,11,13H2,1-2H3,(H2,18,19,22). The molecule has 0 saturated heterocycles. The van der Waals surface area contributed by atoms with E-state index in [0.29, 0.717) is 6.54 Å². The molecule has 1 fully saturated rings. The first-order chi connectivity index (χ1) is 10.6. The summed E-state index contributed by atoms with van der Waals surface area (Å²) in [6.45, 7) is 2.29. The fraction of sp³-hybridized carbons (Fsp3) is 0.750. The Morgan fingerprint density at radius 2 is 2.05 bits per heavy atom. The van der Waals surface area contributed by atoms with Crippen LogP contribution in [0.4, 0.5) is 4.79 Å². The second kappa shape index (κ2) is 8.17. The highest BCUT2D eigenvalue weighted by Gasteiger charge is 2.34. The van der Waals surface area contributed by atoms with Crippen LogP contribution in [-0.2, 0) is 6.54 Å². The lowest BCUT2D eigenvalue weighted by Gasteiger charge is -2.43. The summed E-state index contributed by atoms with van der Waals surface area (Å²) < 4.78 is 2.02. The van der Waals surface area contributed by atoms with Crippen LogP contribution >= 0.6 is 0 Å². The number of nitrogens with zero attached hydrogens (tertiary/aromatic N) is 3. The molecule has 6 heteroatoms. The van der Waals surface area contributed by atoms with Gasteiger partial charge in [-0.3, -0.25) is 0 Å². The van der Waals surface area contributed by atoms with Gasteiger partial charge in [-0.25, -0.2) is 9.78 Å². The quantitative estimate of drug-likeness (QED) is 0.756. The normalized spacial score (nSPS) is 17.4. The van der Waals surface area contributed by atoms with E-state index in [4.69, 9.17) is 0 Å². The van der Waals surface area contributed by atoms with E-state index in [-0.39, 0.29) is 11.6 Å². The van der Waals surface area contributed by atoms with Crippen LogP contribution < -0.4 is 10.6 Å². The van der Waals surface area contributed by atoms with Crippen LogP contribution in [-0.4, -0.2) is 53.2 Å². The van der Waals surface area contributed by atoms with Crippen molar-refractivity contribution in [1.82, 2.24) is 25.1 Å². The highest BCUT2D eigenvalue weighted by molar-refractivity contribution is 5.73. The van der Waals surface area contributed by atoms with Crippen molar-refractivity contribution >= 4 is 6.03 Å². The zero-order chi connectivity index (χ0) is 15.8. The summed E-state index contributed by atoms with van der Waals surface area (Å²) in [5, 5.41) is 6.00. The molecule has 0 unspecified atom stereocenters. The Hall–Kier alpha value is -1.56. The summed E-state index contributed by atoms with van der Waals surface area (Å²) >= 11 is 0. The minimum atomic E-state index is -0.0579. The van der Waals surface area contributed by atoms with Crippen LogP contribution in [0.3, 0.4) is 0 Å².